The van der Waals surface area contributed by atoms with Crippen molar-refractivity contribution >= 4 is 5.91 Å². The minimum absolute atomic E-state index is 0.108. The van der Waals surface area contributed by atoms with E-state index >= 15 is 0 Å². The Labute approximate surface area is 241 Å². The highest BCUT2D eigenvalue weighted by atomic mass is 16.3. The van der Waals surface area contributed by atoms with Gasteiger partial charge in [0.1, 0.15) is 5.75 Å². The molecule has 3 atom stereocenters. The van der Waals surface area contributed by atoms with Crippen LogP contribution in [0.1, 0.15) is 89.2 Å². The Kier molecular flexibility index (Phi) is 9.21. The van der Waals surface area contributed by atoms with E-state index in [1.165, 1.54) is 18.4 Å². The van der Waals surface area contributed by atoms with Gasteiger partial charge in [-0.3, -0.25) is 4.79 Å². The SMILES string of the molecule is CC(C)CN(C(=O)CCCCCc1ccccc1)C1CCC2(O)CN(CC3CC3)CCC2(c2cccc(O)c2)C1. The van der Waals surface area contributed by atoms with Gasteiger partial charge in [0.25, 0.3) is 0 Å². The zero-order chi connectivity index (χ0) is 28.2. The van der Waals surface area contributed by atoms with E-state index in [1.54, 1.807) is 6.07 Å². The number of aryl methyl sites for hydroxylation is 1. The summed E-state index contributed by atoms with van der Waals surface area (Å²) < 4.78 is 0. The maximum atomic E-state index is 13.7. The van der Waals surface area contributed by atoms with Crippen LogP contribution >= 0.6 is 0 Å². The number of piperidine rings is 1. The lowest BCUT2D eigenvalue weighted by molar-refractivity contribution is -0.150. The first kappa shape index (κ1) is 29.1. The zero-order valence-electron chi connectivity index (χ0n) is 24.7. The van der Waals surface area contributed by atoms with Crippen molar-refractivity contribution in [3.63, 3.8) is 0 Å². The Morgan fingerprint density at radius 2 is 1.82 bits per heavy atom. The van der Waals surface area contributed by atoms with Crippen molar-refractivity contribution in [2.75, 3.05) is 26.2 Å². The lowest BCUT2D eigenvalue weighted by Gasteiger charge is -2.59. The first-order valence-electron chi connectivity index (χ1n) is 15.9. The fourth-order valence-corrected chi connectivity index (χ4v) is 7.54. The predicted molar refractivity (Wildman–Crippen MR) is 161 cm³/mol. The van der Waals surface area contributed by atoms with E-state index in [2.05, 4.69) is 60.0 Å². The van der Waals surface area contributed by atoms with Crippen LogP contribution in [0.15, 0.2) is 54.6 Å². The number of amides is 1. The molecule has 2 saturated carbocycles. The molecule has 2 aromatic carbocycles. The molecule has 5 nitrogen and oxygen atoms in total. The van der Waals surface area contributed by atoms with Crippen LogP contribution in [-0.4, -0.2) is 63.7 Å². The van der Waals surface area contributed by atoms with Gasteiger partial charge >= 0.3 is 0 Å². The summed E-state index contributed by atoms with van der Waals surface area (Å²) in [5.41, 5.74) is 1.09. The number of carbonyl (C=O) groups is 1. The van der Waals surface area contributed by atoms with Gasteiger partial charge in [-0.1, -0.05) is 62.7 Å². The number of phenols is 1. The number of aliphatic hydroxyl groups is 1. The molecule has 2 aromatic rings. The number of carbonyl (C=O) groups excluding carboxylic acids is 1. The monoisotopic (exact) mass is 546 g/mol. The quantitative estimate of drug-likeness (QED) is 0.306. The second kappa shape index (κ2) is 12.7. The topological polar surface area (TPSA) is 64.0 Å². The van der Waals surface area contributed by atoms with Gasteiger partial charge in [0.2, 0.25) is 5.91 Å². The molecule has 1 heterocycles. The molecule has 1 saturated heterocycles. The maximum absolute atomic E-state index is 13.7. The number of β-amino-alcohol motifs (C(OH)–C–C–N with tert-alkyl or cyclic N) is 1. The Balaban J connectivity index is 1.29. The van der Waals surface area contributed by atoms with Crippen molar-refractivity contribution in [3.05, 3.63) is 65.7 Å². The van der Waals surface area contributed by atoms with Crippen molar-refractivity contribution in [2.24, 2.45) is 11.8 Å². The Bertz CT molecular complexity index is 1120. The highest BCUT2D eigenvalue weighted by Crippen LogP contribution is 2.53. The number of fused-ring (bicyclic) bond motifs is 1. The molecule has 0 aromatic heterocycles. The standard InChI is InChI=1S/C35H50N2O3/c1-27(2)24-37(33(39)15-8-4-7-12-28-10-5-3-6-11-28)31-18-19-35(40)26-36(25-29-16-17-29)21-20-34(35,23-31)30-13-9-14-32(38)22-30/h3,5-6,9-11,13-14,22,27,29,31,38,40H,4,7-8,12,15-21,23-26H2,1-2H3. The number of aromatic hydroxyl groups is 1. The third-order valence-corrected chi connectivity index (χ3v) is 9.84. The van der Waals surface area contributed by atoms with Gasteiger partial charge in [0, 0.05) is 37.5 Å². The number of benzene rings is 2. The summed E-state index contributed by atoms with van der Waals surface area (Å²) in [7, 11) is 0. The normalized spacial score (nSPS) is 26.9. The first-order chi connectivity index (χ1) is 19.3. The average Bonchev–Trinajstić information content (AvgIpc) is 3.75. The number of unbranched alkanes of at least 4 members (excludes halogenated alkanes) is 2. The first-order valence-corrected chi connectivity index (χ1v) is 15.9. The summed E-state index contributed by atoms with van der Waals surface area (Å²) in [6.07, 6.45) is 10.5. The third kappa shape index (κ3) is 6.74. The van der Waals surface area contributed by atoms with Crippen molar-refractivity contribution in [2.45, 2.75) is 102 Å². The summed E-state index contributed by atoms with van der Waals surface area (Å²) in [6.45, 7) is 7.88. The second-order valence-electron chi connectivity index (χ2n) is 13.5. The van der Waals surface area contributed by atoms with E-state index in [1.807, 2.05) is 12.1 Å². The number of nitrogens with zero attached hydrogens (tertiary/aromatic N) is 2. The third-order valence-electron chi connectivity index (χ3n) is 9.84. The second-order valence-corrected chi connectivity index (χ2v) is 13.5. The van der Waals surface area contributed by atoms with Crippen LogP contribution in [0.3, 0.4) is 0 Å². The van der Waals surface area contributed by atoms with E-state index in [4.69, 9.17) is 0 Å². The average molecular weight is 547 g/mol. The lowest BCUT2D eigenvalue weighted by atomic mass is 9.55. The van der Waals surface area contributed by atoms with Crippen LogP contribution in [-0.2, 0) is 16.6 Å². The van der Waals surface area contributed by atoms with Gasteiger partial charge in [-0.25, -0.2) is 0 Å². The van der Waals surface area contributed by atoms with Gasteiger partial charge in [-0.15, -0.1) is 0 Å². The molecule has 5 heteroatoms. The van der Waals surface area contributed by atoms with Gasteiger partial charge < -0.3 is 20.0 Å². The van der Waals surface area contributed by atoms with Crippen LogP contribution in [0, 0.1) is 11.8 Å². The highest BCUT2D eigenvalue weighted by Gasteiger charge is 2.58. The van der Waals surface area contributed by atoms with Crippen LogP contribution < -0.4 is 0 Å². The highest BCUT2D eigenvalue weighted by molar-refractivity contribution is 5.76. The molecule has 0 bridgehead atoms. The summed E-state index contributed by atoms with van der Waals surface area (Å²) in [4.78, 5) is 18.4. The number of hydrogen-bond acceptors (Lipinski definition) is 4. The summed E-state index contributed by atoms with van der Waals surface area (Å²) in [5, 5.41) is 22.8. The smallest absolute Gasteiger partial charge is 0.222 e. The molecule has 2 aliphatic carbocycles. The predicted octanol–water partition coefficient (Wildman–Crippen LogP) is 6.32. The number of rotatable bonds is 12. The van der Waals surface area contributed by atoms with Crippen molar-refractivity contribution in [1.82, 2.24) is 9.80 Å². The summed E-state index contributed by atoms with van der Waals surface area (Å²) in [5.74, 6) is 1.70. The minimum atomic E-state index is -0.853. The van der Waals surface area contributed by atoms with E-state index < -0.39 is 11.0 Å². The molecule has 3 fully saturated rings. The summed E-state index contributed by atoms with van der Waals surface area (Å²) >= 11 is 0. The lowest BCUT2D eigenvalue weighted by Crippen LogP contribution is -2.67. The van der Waals surface area contributed by atoms with E-state index in [0.717, 1.165) is 76.1 Å². The molecular weight excluding hydrogens is 496 g/mol. The largest absolute Gasteiger partial charge is 0.508 e. The fourth-order valence-electron chi connectivity index (χ4n) is 7.54. The molecule has 1 aliphatic heterocycles. The molecular formula is C35H50N2O3. The van der Waals surface area contributed by atoms with Gasteiger partial charge in [-0.2, -0.15) is 0 Å². The number of phenolic OH excluding ortho intramolecular Hbond substituents is 1. The number of likely N-dealkylation sites (tertiary alicyclic amines) is 1. The number of hydrogen-bond donors (Lipinski definition) is 2. The molecule has 40 heavy (non-hydrogen) atoms. The Morgan fingerprint density at radius 1 is 1.02 bits per heavy atom. The van der Waals surface area contributed by atoms with Gasteiger partial charge in [0.05, 0.1) is 5.60 Å². The van der Waals surface area contributed by atoms with Crippen LogP contribution in [0.5, 0.6) is 5.75 Å². The van der Waals surface area contributed by atoms with Gasteiger partial charge in [0.15, 0.2) is 0 Å². The van der Waals surface area contributed by atoms with E-state index in [0.29, 0.717) is 25.3 Å². The molecule has 0 radical (unpaired) electrons. The van der Waals surface area contributed by atoms with E-state index in [-0.39, 0.29) is 17.7 Å². The summed E-state index contributed by atoms with van der Waals surface area (Å²) in [6, 6.07) is 18.3. The molecule has 5 rings (SSSR count). The Morgan fingerprint density at radius 3 is 2.55 bits per heavy atom. The van der Waals surface area contributed by atoms with Crippen LogP contribution in [0.25, 0.3) is 0 Å². The van der Waals surface area contributed by atoms with Gasteiger partial charge in [-0.05, 0) is 99.4 Å². The molecule has 0 spiro atoms. The fraction of sp³-hybridized carbons (Fsp3) is 0.629. The zero-order valence-corrected chi connectivity index (χ0v) is 24.7. The van der Waals surface area contributed by atoms with Crippen molar-refractivity contribution < 1.29 is 15.0 Å². The molecule has 2 N–H and O–H groups in total. The van der Waals surface area contributed by atoms with Crippen molar-refractivity contribution in [1.29, 1.82) is 0 Å². The van der Waals surface area contributed by atoms with E-state index in [9.17, 15) is 15.0 Å². The van der Waals surface area contributed by atoms with Crippen molar-refractivity contribution in [3.8, 4) is 5.75 Å². The molecule has 1 amide bonds. The Hall–Kier alpha value is -2.37. The van der Waals surface area contributed by atoms with Crippen LogP contribution in [0.4, 0.5) is 0 Å². The molecule has 218 valence electrons. The minimum Gasteiger partial charge on any atom is -0.508 e. The maximum Gasteiger partial charge on any atom is 0.222 e. The molecule has 3 aliphatic rings. The molecule has 3 unspecified atom stereocenters. The van der Waals surface area contributed by atoms with Crippen LogP contribution in [0.2, 0.25) is 0 Å².